The molecule has 0 atom stereocenters. The minimum atomic E-state index is 0.889. The Labute approximate surface area is 128 Å². The van der Waals surface area contributed by atoms with Crippen LogP contribution in [0.2, 0.25) is 0 Å². The molecule has 2 aliphatic rings. The van der Waals surface area contributed by atoms with Gasteiger partial charge in [0.25, 0.3) is 0 Å². The molecule has 0 aliphatic heterocycles. The normalized spacial score (nSPS) is 18.3. The molecule has 20 heavy (non-hydrogen) atoms. The zero-order chi connectivity index (χ0) is 15.6. The lowest BCUT2D eigenvalue weighted by molar-refractivity contribution is 0.155. The predicted molar refractivity (Wildman–Crippen MR) is 90.4 cm³/mol. The Morgan fingerprint density at radius 1 is 0.600 bits per heavy atom. The number of rotatable bonds is 4. The Morgan fingerprint density at radius 3 is 1.05 bits per heavy atom. The fourth-order valence-corrected chi connectivity index (χ4v) is 2.83. The number of hydrogen-bond acceptors (Lipinski definition) is 2. The summed E-state index contributed by atoms with van der Waals surface area (Å²) in [4.78, 5) is 0. The molecule has 0 amide bonds. The van der Waals surface area contributed by atoms with Crippen molar-refractivity contribution in [2.24, 2.45) is 11.8 Å². The fraction of sp³-hybridized carbons (Fsp3) is 1.00. The average molecular weight is 289 g/mol. The third kappa shape index (κ3) is 12.9. The lowest BCUT2D eigenvalue weighted by atomic mass is 10.1. The fourth-order valence-electron chi connectivity index (χ4n) is 2.83. The van der Waals surface area contributed by atoms with Crippen LogP contribution in [0.15, 0.2) is 0 Å². The molecule has 0 bridgehead atoms. The van der Waals surface area contributed by atoms with Crippen molar-refractivity contribution in [1.29, 1.82) is 0 Å². The van der Waals surface area contributed by atoms with Gasteiger partial charge >= 0.3 is 0 Å². The van der Waals surface area contributed by atoms with Crippen molar-refractivity contribution >= 4 is 0 Å². The Balaban J connectivity index is 0. The molecule has 0 unspecified atom stereocenters. The molecule has 2 nitrogen and oxygen atoms in total. The second-order valence-corrected chi connectivity index (χ2v) is 5.21. The molecule has 0 heterocycles. The highest BCUT2D eigenvalue weighted by atomic mass is 16.5. The van der Waals surface area contributed by atoms with Crippen LogP contribution >= 0.6 is 0 Å². The van der Waals surface area contributed by atoms with Crippen molar-refractivity contribution in [1.82, 2.24) is 0 Å². The van der Waals surface area contributed by atoms with Crippen LogP contribution in [0.5, 0.6) is 0 Å². The van der Waals surface area contributed by atoms with Crippen LogP contribution in [0.1, 0.15) is 79.1 Å². The molecule has 2 fully saturated rings. The SMILES string of the molecule is CC.CC.COCC1CCCC1.COCC1CCCC1. The molecular weight excluding hydrogens is 248 g/mol. The van der Waals surface area contributed by atoms with E-state index < -0.39 is 0 Å². The Morgan fingerprint density at radius 2 is 0.850 bits per heavy atom. The first-order chi connectivity index (χ1) is 9.86. The molecule has 2 heteroatoms. The summed E-state index contributed by atoms with van der Waals surface area (Å²) in [5.74, 6) is 1.78. The standard InChI is InChI=1S/2C7H14O.2C2H6/c2*1-8-6-7-4-2-3-5-7;2*1-2/h2*7H,2-6H2,1H3;2*1-2H3. The Hall–Kier alpha value is -0.0800. The summed E-state index contributed by atoms with van der Waals surface area (Å²) in [6.45, 7) is 9.97. The van der Waals surface area contributed by atoms with Gasteiger partial charge in [0.05, 0.1) is 0 Å². The highest BCUT2D eigenvalue weighted by molar-refractivity contribution is 4.66. The summed E-state index contributed by atoms with van der Waals surface area (Å²) < 4.78 is 10.1. The Bertz CT molecular complexity index is 129. The van der Waals surface area contributed by atoms with E-state index in [9.17, 15) is 0 Å². The van der Waals surface area contributed by atoms with Gasteiger partial charge in [0.1, 0.15) is 0 Å². The molecular formula is C18H40O2. The van der Waals surface area contributed by atoms with Crippen LogP contribution in [0.3, 0.4) is 0 Å². The molecule has 0 aromatic carbocycles. The van der Waals surface area contributed by atoms with Crippen LogP contribution in [-0.2, 0) is 9.47 Å². The number of methoxy groups -OCH3 is 2. The van der Waals surface area contributed by atoms with Crippen LogP contribution < -0.4 is 0 Å². The van der Waals surface area contributed by atoms with Gasteiger partial charge in [-0.3, -0.25) is 0 Å². The van der Waals surface area contributed by atoms with E-state index in [0.29, 0.717) is 0 Å². The summed E-state index contributed by atoms with van der Waals surface area (Å²) in [6, 6.07) is 0. The first-order valence-corrected chi connectivity index (χ1v) is 8.84. The van der Waals surface area contributed by atoms with E-state index in [1.807, 2.05) is 27.7 Å². The second-order valence-electron chi connectivity index (χ2n) is 5.21. The van der Waals surface area contributed by atoms with Crippen LogP contribution in [0.4, 0.5) is 0 Å². The van der Waals surface area contributed by atoms with Crippen molar-refractivity contribution in [3.05, 3.63) is 0 Å². The van der Waals surface area contributed by atoms with E-state index in [1.165, 1.54) is 51.4 Å². The molecule has 2 aliphatic carbocycles. The lowest BCUT2D eigenvalue weighted by Gasteiger charge is -2.04. The van der Waals surface area contributed by atoms with E-state index in [4.69, 9.17) is 9.47 Å². The van der Waals surface area contributed by atoms with Crippen molar-refractivity contribution in [3.63, 3.8) is 0 Å². The van der Waals surface area contributed by atoms with E-state index in [2.05, 4.69) is 0 Å². The average Bonchev–Trinajstić information content (AvgIpc) is 3.19. The van der Waals surface area contributed by atoms with Gasteiger partial charge < -0.3 is 9.47 Å². The predicted octanol–water partition coefficient (Wildman–Crippen LogP) is 5.70. The largest absolute Gasteiger partial charge is 0.384 e. The molecule has 0 spiro atoms. The number of hydrogen-bond donors (Lipinski definition) is 0. The van der Waals surface area contributed by atoms with Crippen LogP contribution in [-0.4, -0.2) is 27.4 Å². The first-order valence-electron chi connectivity index (χ1n) is 8.84. The van der Waals surface area contributed by atoms with E-state index in [0.717, 1.165) is 25.0 Å². The van der Waals surface area contributed by atoms with Gasteiger partial charge in [-0.1, -0.05) is 53.4 Å². The van der Waals surface area contributed by atoms with Gasteiger partial charge in [-0.05, 0) is 37.5 Å². The van der Waals surface area contributed by atoms with Crippen LogP contribution in [0, 0.1) is 11.8 Å². The molecule has 0 aromatic rings. The minimum Gasteiger partial charge on any atom is -0.384 e. The maximum absolute atomic E-state index is 5.03. The molecule has 2 rings (SSSR count). The van der Waals surface area contributed by atoms with Gasteiger partial charge in [0, 0.05) is 27.4 Å². The monoisotopic (exact) mass is 288 g/mol. The van der Waals surface area contributed by atoms with Gasteiger partial charge in [0.15, 0.2) is 0 Å². The summed E-state index contributed by atoms with van der Waals surface area (Å²) in [7, 11) is 3.58. The Kier molecular flexibility index (Phi) is 21.0. The molecule has 0 aromatic heterocycles. The molecule has 0 N–H and O–H groups in total. The van der Waals surface area contributed by atoms with E-state index >= 15 is 0 Å². The van der Waals surface area contributed by atoms with Gasteiger partial charge in [-0.15, -0.1) is 0 Å². The third-order valence-electron chi connectivity index (χ3n) is 3.75. The van der Waals surface area contributed by atoms with Crippen LogP contribution in [0.25, 0.3) is 0 Å². The quantitative estimate of drug-likeness (QED) is 0.660. The number of ether oxygens (including phenoxy) is 2. The highest BCUT2D eigenvalue weighted by Gasteiger charge is 2.14. The molecule has 0 radical (unpaired) electrons. The van der Waals surface area contributed by atoms with Gasteiger partial charge in [-0.25, -0.2) is 0 Å². The maximum atomic E-state index is 5.03. The first kappa shape index (κ1) is 22.2. The molecule has 0 saturated heterocycles. The smallest absolute Gasteiger partial charge is 0.0490 e. The molecule has 124 valence electrons. The zero-order valence-corrected chi connectivity index (χ0v) is 15.0. The third-order valence-corrected chi connectivity index (χ3v) is 3.75. The highest BCUT2D eigenvalue weighted by Crippen LogP contribution is 2.24. The second kappa shape index (κ2) is 18.9. The van der Waals surface area contributed by atoms with Crippen molar-refractivity contribution in [2.75, 3.05) is 27.4 Å². The zero-order valence-electron chi connectivity index (χ0n) is 15.0. The van der Waals surface area contributed by atoms with Crippen molar-refractivity contribution in [2.45, 2.75) is 79.1 Å². The molecule has 2 saturated carbocycles. The maximum Gasteiger partial charge on any atom is 0.0490 e. The van der Waals surface area contributed by atoms with Gasteiger partial charge in [0.2, 0.25) is 0 Å². The summed E-state index contributed by atoms with van der Waals surface area (Å²) in [5, 5.41) is 0. The minimum absolute atomic E-state index is 0.889. The van der Waals surface area contributed by atoms with E-state index in [1.54, 1.807) is 14.2 Å². The summed E-state index contributed by atoms with van der Waals surface area (Å²) >= 11 is 0. The van der Waals surface area contributed by atoms with Crippen molar-refractivity contribution < 1.29 is 9.47 Å². The topological polar surface area (TPSA) is 18.5 Å². The van der Waals surface area contributed by atoms with Gasteiger partial charge in [-0.2, -0.15) is 0 Å². The van der Waals surface area contributed by atoms with E-state index in [-0.39, 0.29) is 0 Å². The summed E-state index contributed by atoms with van der Waals surface area (Å²) in [6.07, 6.45) is 11.3. The summed E-state index contributed by atoms with van der Waals surface area (Å²) in [5.41, 5.74) is 0. The van der Waals surface area contributed by atoms with Crippen molar-refractivity contribution in [3.8, 4) is 0 Å². The lowest BCUT2D eigenvalue weighted by Crippen LogP contribution is -2.01.